The molecule has 2 aromatic rings. The number of fused-ring (bicyclic) bond motifs is 1. The molecule has 1 aliphatic heterocycles. The zero-order valence-corrected chi connectivity index (χ0v) is 12.5. The summed E-state index contributed by atoms with van der Waals surface area (Å²) in [6, 6.07) is 15.4. The normalized spacial score (nSPS) is 16.5. The standard InChI is InChI=1S/C18H19NO3/c1-21-11-14-7-2-4-8-16(14)18(20)19-15-10-13-6-3-5-9-17(13)22-12-15/h2-9,15H,10-12H2,1H3,(H,19,20). The van der Waals surface area contributed by atoms with Crippen molar-refractivity contribution in [1.82, 2.24) is 5.32 Å². The summed E-state index contributed by atoms with van der Waals surface area (Å²) in [7, 11) is 1.63. The number of hydrogen-bond acceptors (Lipinski definition) is 3. The Bertz CT molecular complexity index is 669. The highest BCUT2D eigenvalue weighted by atomic mass is 16.5. The van der Waals surface area contributed by atoms with E-state index in [2.05, 4.69) is 5.32 Å². The molecule has 0 radical (unpaired) electrons. The third kappa shape index (κ3) is 3.12. The average Bonchev–Trinajstić information content (AvgIpc) is 2.55. The summed E-state index contributed by atoms with van der Waals surface area (Å²) in [5.74, 6) is 0.827. The molecule has 0 bridgehead atoms. The van der Waals surface area contributed by atoms with Gasteiger partial charge in [0.2, 0.25) is 0 Å². The molecule has 2 aromatic carbocycles. The van der Waals surface area contributed by atoms with Gasteiger partial charge in [-0.25, -0.2) is 0 Å². The van der Waals surface area contributed by atoms with Crippen LogP contribution in [0.5, 0.6) is 5.75 Å². The van der Waals surface area contributed by atoms with Gasteiger partial charge in [0.1, 0.15) is 12.4 Å². The van der Waals surface area contributed by atoms with E-state index in [1.54, 1.807) is 7.11 Å². The minimum Gasteiger partial charge on any atom is -0.491 e. The maximum absolute atomic E-state index is 12.5. The Morgan fingerprint density at radius 1 is 1.23 bits per heavy atom. The zero-order chi connectivity index (χ0) is 15.4. The number of methoxy groups -OCH3 is 1. The number of hydrogen-bond donors (Lipinski definition) is 1. The number of ether oxygens (including phenoxy) is 2. The van der Waals surface area contributed by atoms with Crippen LogP contribution in [-0.4, -0.2) is 25.7 Å². The number of carbonyl (C=O) groups excluding carboxylic acids is 1. The minimum atomic E-state index is -0.0827. The minimum absolute atomic E-state index is 0.0157. The van der Waals surface area contributed by atoms with Gasteiger partial charge in [-0.2, -0.15) is 0 Å². The van der Waals surface area contributed by atoms with E-state index in [1.807, 2.05) is 48.5 Å². The summed E-state index contributed by atoms with van der Waals surface area (Å²) >= 11 is 0. The van der Waals surface area contributed by atoms with Crippen LogP contribution in [0.25, 0.3) is 0 Å². The van der Waals surface area contributed by atoms with Crippen molar-refractivity contribution in [2.45, 2.75) is 19.1 Å². The molecule has 114 valence electrons. The smallest absolute Gasteiger partial charge is 0.251 e. The van der Waals surface area contributed by atoms with Crippen molar-refractivity contribution in [3.63, 3.8) is 0 Å². The number of rotatable bonds is 4. The van der Waals surface area contributed by atoms with E-state index >= 15 is 0 Å². The first-order valence-corrected chi connectivity index (χ1v) is 7.36. The van der Waals surface area contributed by atoms with Crippen LogP contribution < -0.4 is 10.1 Å². The monoisotopic (exact) mass is 297 g/mol. The second-order valence-corrected chi connectivity index (χ2v) is 5.38. The largest absolute Gasteiger partial charge is 0.491 e. The molecule has 1 amide bonds. The van der Waals surface area contributed by atoms with E-state index in [-0.39, 0.29) is 11.9 Å². The maximum Gasteiger partial charge on any atom is 0.251 e. The third-order valence-corrected chi connectivity index (χ3v) is 3.78. The number of carbonyl (C=O) groups is 1. The van der Waals surface area contributed by atoms with Crippen molar-refractivity contribution in [2.75, 3.05) is 13.7 Å². The second-order valence-electron chi connectivity index (χ2n) is 5.38. The lowest BCUT2D eigenvalue weighted by molar-refractivity contribution is 0.0910. The topological polar surface area (TPSA) is 47.6 Å². The quantitative estimate of drug-likeness (QED) is 0.943. The van der Waals surface area contributed by atoms with Crippen LogP contribution in [0.3, 0.4) is 0 Å². The summed E-state index contributed by atoms with van der Waals surface area (Å²) in [5.41, 5.74) is 2.67. The molecule has 0 fully saturated rings. The number of benzene rings is 2. The summed E-state index contributed by atoms with van der Waals surface area (Å²) in [6.45, 7) is 0.919. The van der Waals surface area contributed by atoms with Crippen molar-refractivity contribution in [3.05, 3.63) is 65.2 Å². The van der Waals surface area contributed by atoms with Gasteiger partial charge in [0.25, 0.3) is 5.91 Å². The van der Waals surface area contributed by atoms with Crippen molar-refractivity contribution in [3.8, 4) is 5.75 Å². The van der Waals surface area contributed by atoms with E-state index in [0.717, 1.165) is 23.3 Å². The van der Waals surface area contributed by atoms with Gasteiger partial charge >= 0.3 is 0 Å². The molecule has 4 heteroatoms. The molecule has 0 aromatic heterocycles. The summed E-state index contributed by atoms with van der Waals surface area (Å²) in [5, 5.41) is 3.06. The zero-order valence-electron chi connectivity index (χ0n) is 12.5. The van der Waals surface area contributed by atoms with E-state index in [9.17, 15) is 4.79 Å². The van der Waals surface area contributed by atoms with Crippen LogP contribution in [0.15, 0.2) is 48.5 Å². The Morgan fingerprint density at radius 3 is 2.86 bits per heavy atom. The fraction of sp³-hybridized carbons (Fsp3) is 0.278. The molecule has 1 aliphatic rings. The van der Waals surface area contributed by atoms with Gasteiger partial charge in [0.05, 0.1) is 12.6 Å². The molecule has 0 saturated heterocycles. The highest BCUT2D eigenvalue weighted by Gasteiger charge is 2.22. The Labute approximate surface area is 130 Å². The molecule has 22 heavy (non-hydrogen) atoms. The highest BCUT2D eigenvalue weighted by molar-refractivity contribution is 5.95. The van der Waals surface area contributed by atoms with Gasteiger partial charge in [-0.15, -0.1) is 0 Å². The van der Waals surface area contributed by atoms with Gasteiger partial charge in [-0.3, -0.25) is 4.79 Å². The van der Waals surface area contributed by atoms with Gasteiger partial charge in [0, 0.05) is 12.7 Å². The Kier molecular flexibility index (Phi) is 4.39. The molecule has 1 atom stereocenters. The lowest BCUT2D eigenvalue weighted by Crippen LogP contribution is -2.43. The molecule has 0 aliphatic carbocycles. The maximum atomic E-state index is 12.5. The molecule has 3 rings (SSSR count). The van der Waals surface area contributed by atoms with Crippen LogP contribution in [0.1, 0.15) is 21.5 Å². The van der Waals surface area contributed by atoms with E-state index in [1.165, 1.54) is 0 Å². The fourth-order valence-electron chi connectivity index (χ4n) is 2.71. The van der Waals surface area contributed by atoms with Gasteiger partial charge in [-0.05, 0) is 29.7 Å². The predicted octanol–water partition coefficient (Wildman–Crippen LogP) is 2.57. The number of nitrogens with one attached hydrogen (secondary N) is 1. The second kappa shape index (κ2) is 6.62. The molecule has 0 spiro atoms. The first-order valence-electron chi connectivity index (χ1n) is 7.36. The Hall–Kier alpha value is -2.33. The fourth-order valence-corrected chi connectivity index (χ4v) is 2.71. The lowest BCUT2D eigenvalue weighted by Gasteiger charge is -2.26. The van der Waals surface area contributed by atoms with Crippen molar-refractivity contribution < 1.29 is 14.3 Å². The van der Waals surface area contributed by atoms with E-state index in [4.69, 9.17) is 9.47 Å². The summed E-state index contributed by atoms with van der Waals surface area (Å²) < 4.78 is 10.9. The lowest BCUT2D eigenvalue weighted by atomic mass is 10.0. The molecule has 1 heterocycles. The Balaban J connectivity index is 1.71. The van der Waals surface area contributed by atoms with Crippen molar-refractivity contribution in [1.29, 1.82) is 0 Å². The van der Waals surface area contributed by atoms with Gasteiger partial charge < -0.3 is 14.8 Å². The highest BCUT2D eigenvalue weighted by Crippen LogP contribution is 2.24. The first-order chi connectivity index (χ1) is 10.8. The molecular weight excluding hydrogens is 278 g/mol. The van der Waals surface area contributed by atoms with Crippen LogP contribution in [-0.2, 0) is 17.8 Å². The van der Waals surface area contributed by atoms with Crippen LogP contribution in [0.4, 0.5) is 0 Å². The predicted molar refractivity (Wildman–Crippen MR) is 84.1 cm³/mol. The molecule has 1 unspecified atom stereocenters. The van der Waals surface area contributed by atoms with Crippen molar-refractivity contribution in [2.24, 2.45) is 0 Å². The average molecular weight is 297 g/mol. The van der Waals surface area contributed by atoms with Crippen LogP contribution in [0, 0.1) is 0 Å². The molecule has 1 N–H and O–H groups in total. The molecular formula is C18H19NO3. The van der Waals surface area contributed by atoms with Crippen LogP contribution in [0.2, 0.25) is 0 Å². The van der Waals surface area contributed by atoms with Gasteiger partial charge in [0.15, 0.2) is 0 Å². The molecule has 4 nitrogen and oxygen atoms in total. The van der Waals surface area contributed by atoms with Gasteiger partial charge in [-0.1, -0.05) is 36.4 Å². The Morgan fingerprint density at radius 2 is 2.00 bits per heavy atom. The summed E-state index contributed by atoms with van der Waals surface area (Å²) in [6.07, 6.45) is 0.786. The first kappa shape index (κ1) is 14.6. The number of amides is 1. The number of para-hydroxylation sites is 1. The van der Waals surface area contributed by atoms with E-state index in [0.29, 0.717) is 18.8 Å². The summed E-state index contributed by atoms with van der Waals surface area (Å²) in [4.78, 5) is 12.5. The van der Waals surface area contributed by atoms with Crippen LogP contribution >= 0.6 is 0 Å². The SMILES string of the molecule is COCc1ccccc1C(=O)NC1COc2ccccc2C1. The van der Waals surface area contributed by atoms with E-state index < -0.39 is 0 Å². The third-order valence-electron chi connectivity index (χ3n) is 3.78. The molecule has 0 saturated carbocycles. The van der Waals surface area contributed by atoms with Crippen molar-refractivity contribution >= 4 is 5.91 Å².